The average Bonchev–Trinajstić information content (AvgIpc) is 3.34. The number of methoxy groups -OCH3 is 1. The lowest BCUT2D eigenvalue weighted by Gasteiger charge is -2.27. The highest BCUT2D eigenvalue weighted by Gasteiger charge is 2.28. The molecule has 2 N–H and O–H groups in total. The summed E-state index contributed by atoms with van der Waals surface area (Å²) in [5.74, 6) is 0.492. The molecule has 1 aromatic carbocycles. The van der Waals surface area contributed by atoms with Gasteiger partial charge in [-0.3, -0.25) is 14.4 Å². The van der Waals surface area contributed by atoms with Crippen LogP contribution in [-0.2, 0) is 30.8 Å². The van der Waals surface area contributed by atoms with Crippen molar-refractivity contribution in [2.45, 2.75) is 46.3 Å². The quantitative estimate of drug-likeness (QED) is 0.518. The molecule has 0 fully saturated rings. The molecule has 0 bridgehead atoms. The highest BCUT2D eigenvalue weighted by Crippen LogP contribution is 2.26. The first kappa shape index (κ1) is 21.6. The standard InChI is InChI=1S/C24H33N5O2/c1-17(2)8-12-29-22-9-11-28(15-18-14-26-21-7-5-4-6-19(18)21)16-20(22)23(27-29)24(30)25-10-13-31-3/h4-7,14,17,26H,8-13,15-16H2,1-3H3,(H,25,30). The number of para-hydroxylation sites is 1. The van der Waals surface area contributed by atoms with Gasteiger partial charge in [0.1, 0.15) is 0 Å². The third-order valence-electron chi connectivity index (χ3n) is 6.01. The van der Waals surface area contributed by atoms with Crippen molar-refractivity contribution in [3.8, 4) is 0 Å². The van der Waals surface area contributed by atoms with Crippen molar-refractivity contribution in [3.63, 3.8) is 0 Å². The molecule has 0 spiro atoms. The minimum absolute atomic E-state index is 0.106. The van der Waals surface area contributed by atoms with E-state index in [1.165, 1.54) is 16.6 Å². The molecule has 0 unspecified atom stereocenters. The predicted octanol–water partition coefficient (Wildman–Crippen LogP) is 3.35. The molecule has 0 atom stereocenters. The second-order valence-electron chi connectivity index (χ2n) is 8.75. The van der Waals surface area contributed by atoms with Gasteiger partial charge in [0.2, 0.25) is 0 Å². The van der Waals surface area contributed by atoms with Crippen molar-refractivity contribution < 1.29 is 9.53 Å². The maximum absolute atomic E-state index is 12.9. The minimum atomic E-state index is -0.106. The molecule has 166 valence electrons. The molecule has 7 nitrogen and oxygen atoms in total. The SMILES string of the molecule is COCCNC(=O)c1nn(CCC(C)C)c2c1CN(Cc1c[nH]c3ccccc13)CC2. The summed E-state index contributed by atoms with van der Waals surface area (Å²) in [6.45, 7) is 8.83. The zero-order valence-corrected chi connectivity index (χ0v) is 18.8. The number of aromatic nitrogens is 3. The number of nitrogens with zero attached hydrogens (tertiary/aromatic N) is 3. The molecule has 1 aliphatic rings. The minimum Gasteiger partial charge on any atom is -0.383 e. The predicted molar refractivity (Wildman–Crippen MR) is 122 cm³/mol. The Morgan fingerprint density at radius 3 is 2.97 bits per heavy atom. The first-order valence-corrected chi connectivity index (χ1v) is 11.2. The number of fused-ring (bicyclic) bond motifs is 2. The molecule has 1 amide bonds. The van der Waals surface area contributed by atoms with Gasteiger partial charge in [-0.2, -0.15) is 5.10 Å². The number of aryl methyl sites for hydroxylation is 1. The van der Waals surface area contributed by atoms with Gasteiger partial charge < -0.3 is 15.0 Å². The van der Waals surface area contributed by atoms with Crippen molar-refractivity contribution in [2.75, 3.05) is 26.8 Å². The maximum atomic E-state index is 12.9. The third-order valence-corrected chi connectivity index (χ3v) is 6.01. The van der Waals surface area contributed by atoms with Crippen molar-refractivity contribution >= 4 is 16.8 Å². The summed E-state index contributed by atoms with van der Waals surface area (Å²) >= 11 is 0. The molecule has 0 radical (unpaired) electrons. The van der Waals surface area contributed by atoms with Crippen molar-refractivity contribution in [1.29, 1.82) is 0 Å². The number of hydrogen-bond donors (Lipinski definition) is 2. The van der Waals surface area contributed by atoms with Crippen molar-refractivity contribution in [1.82, 2.24) is 25.0 Å². The molecular weight excluding hydrogens is 390 g/mol. The fourth-order valence-electron chi connectivity index (χ4n) is 4.28. The first-order valence-electron chi connectivity index (χ1n) is 11.2. The highest BCUT2D eigenvalue weighted by atomic mass is 16.5. The third kappa shape index (κ3) is 4.83. The Hall–Kier alpha value is -2.64. The number of rotatable bonds is 9. The Kier molecular flexibility index (Phi) is 6.73. The Morgan fingerprint density at radius 1 is 1.32 bits per heavy atom. The van der Waals surface area contributed by atoms with Gasteiger partial charge in [0.15, 0.2) is 5.69 Å². The van der Waals surface area contributed by atoms with E-state index in [0.717, 1.165) is 50.1 Å². The van der Waals surface area contributed by atoms with E-state index in [2.05, 4.69) is 64.2 Å². The van der Waals surface area contributed by atoms with Crippen molar-refractivity contribution in [3.05, 3.63) is 53.0 Å². The number of nitrogens with one attached hydrogen (secondary N) is 2. The Bertz CT molecular complexity index is 1040. The van der Waals surface area contributed by atoms with E-state index in [1.807, 2.05) is 0 Å². The normalized spacial score (nSPS) is 14.3. The number of H-pyrrole nitrogens is 1. The van der Waals surface area contributed by atoms with E-state index in [-0.39, 0.29) is 5.91 Å². The first-order chi connectivity index (χ1) is 15.1. The molecule has 31 heavy (non-hydrogen) atoms. The van der Waals surface area contributed by atoms with Crippen LogP contribution >= 0.6 is 0 Å². The summed E-state index contributed by atoms with van der Waals surface area (Å²) in [5, 5.41) is 8.97. The number of carbonyl (C=O) groups excluding carboxylic acids is 1. The smallest absolute Gasteiger partial charge is 0.272 e. The molecular formula is C24H33N5O2. The van der Waals surface area contributed by atoms with Crippen LogP contribution in [0.4, 0.5) is 0 Å². The van der Waals surface area contributed by atoms with E-state index in [4.69, 9.17) is 9.84 Å². The second kappa shape index (κ2) is 9.66. The van der Waals surface area contributed by atoms with Gasteiger partial charge in [0.05, 0.1) is 6.61 Å². The van der Waals surface area contributed by atoms with Gasteiger partial charge in [0, 0.05) is 74.6 Å². The van der Waals surface area contributed by atoms with Crippen LogP contribution in [0.25, 0.3) is 10.9 Å². The number of benzene rings is 1. The lowest BCUT2D eigenvalue weighted by atomic mass is 10.0. The molecule has 0 aliphatic carbocycles. The zero-order valence-electron chi connectivity index (χ0n) is 18.8. The zero-order chi connectivity index (χ0) is 21.8. The van der Waals surface area contributed by atoms with Gasteiger partial charge in [-0.15, -0.1) is 0 Å². The van der Waals surface area contributed by atoms with Crippen LogP contribution in [0.5, 0.6) is 0 Å². The number of hydrogen-bond acceptors (Lipinski definition) is 4. The van der Waals surface area contributed by atoms with Gasteiger partial charge >= 0.3 is 0 Å². The summed E-state index contributed by atoms with van der Waals surface area (Å²) in [5.41, 5.74) is 5.31. The molecule has 1 aliphatic heterocycles. The second-order valence-corrected chi connectivity index (χ2v) is 8.75. The van der Waals surface area contributed by atoms with E-state index >= 15 is 0 Å². The van der Waals surface area contributed by atoms with E-state index in [1.54, 1.807) is 7.11 Å². The Labute approximate surface area is 183 Å². The Balaban J connectivity index is 1.55. The van der Waals surface area contributed by atoms with E-state index < -0.39 is 0 Å². The number of carbonyl (C=O) groups is 1. The lowest BCUT2D eigenvalue weighted by Crippen LogP contribution is -2.33. The van der Waals surface area contributed by atoms with Crippen LogP contribution in [0.15, 0.2) is 30.5 Å². The molecule has 0 saturated heterocycles. The molecule has 3 aromatic rings. The van der Waals surface area contributed by atoms with Crippen LogP contribution in [0.2, 0.25) is 0 Å². The molecule has 3 heterocycles. The van der Waals surface area contributed by atoms with Gasteiger partial charge in [-0.05, 0) is 24.0 Å². The fraction of sp³-hybridized carbons (Fsp3) is 0.500. The highest BCUT2D eigenvalue weighted by molar-refractivity contribution is 5.94. The molecule has 0 saturated carbocycles. The van der Waals surface area contributed by atoms with Crippen LogP contribution < -0.4 is 5.32 Å². The largest absolute Gasteiger partial charge is 0.383 e. The van der Waals surface area contributed by atoms with Gasteiger partial charge in [-0.1, -0.05) is 32.0 Å². The molecule has 2 aromatic heterocycles. The van der Waals surface area contributed by atoms with Crippen molar-refractivity contribution in [2.24, 2.45) is 5.92 Å². The Morgan fingerprint density at radius 2 is 2.16 bits per heavy atom. The number of ether oxygens (including phenoxy) is 1. The van der Waals surface area contributed by atoms with Gasteiger partial charge in [0.25, 0.3) is 5.91 Å². The summed E-state index contributed by atoms with van der Waals surface area (Å²) in [6.07, 6.45) is 4.07. The van der Waals surface area contributed by atoms with Crippen LogP contribution in [0.1, 0.15) is 47.6 Å². The fourth-order valence-corrected chi connectivity index (χ4v) is 4.28. The van der Waals surface area contributed by atoms with Crippen LogP contribution in [0.3, 0.4) is 0 Å². The summed E-state index contributed by atoms with van der Waals surface area (Å²) in [7, 11) is 1.64. The average molecular weight is 424 g/mol. The van der Waals surface area contributed by atoms with Crippen LogP contribution in [-0.4, -0.2) is 52.4 Å². The lowest BCUT2D eigenvalue weighted by molar-refractivity contribution is 0.0929. The summed E-state index contributed by atoms with van der Waals surface area (Å²) in [4.78, 5) is 18.7. The van der Waals surface area contributed by atoms with Crippen LogP contribution in [0, 0.1) is 5.92 Å². The molecule has 7 heteroatoms. The summed E-state index contributed by atoms with van der Waals surface area (Å²) < 4.78 is 7.14. The topological polar surface area (TPSA) is 75.2 Å². The summed E-state index contributed by atoms with van der Waals surface area (Å²) in [6, 6.07) is 8.40. The van der Waals surface area contributed by atoms with Gasteiger partial charge in [-0.25, -0.2) is 0 Å². The number of amides is 1. The number of aromatic amines is 1. The molecule has 4 rings (SSSR count). The van der Waals surface area contributed by atoms with E-state index in [0.29, 0.717) is 24.8 Å². The monoisotopic (exact) mass is 423 g/mol. The maximum Gasteiger partial charge on any atom is 0.272 e. The van der Waals surface area contributed by atoms with E-state index in [9.17, 15) is 4.79 Å².